The lowest BCUT2D eigenvalue weighted by Gasteiger charge is -2.05. The van der Waals surface area contributed by atoms with Gasteiger partial charge in [0.15, 0.2) is 5.82 Å². The summed E-state index contributed by atoms with van der Waals surface area (Å²) in [5.41, 5.74) is 1.76. The van der Waals surface area contributed by atoms with E-state index in [1.165, 1.54) is 18.1 Å². The molecule has 2 rings (SSSR count). The third-order valence-electron chi connectivity index (χ3n) is 2.54. The second-order valence-corrected chi connectivity index (χ2v) is 4.29. The van der Waals surface area contributed by atoms with Crippen molar-refractivity contribution in [3.05, 3.63) is 36.0 Å². The fourth-order valence-electron chi connectivity index (χ4n) is 1.64. The number of methoxy groups -OCH3 is 1. The molecule has 0 fully saturated rings. The third-order valence-corrected chi connectivity index (χ3v) is 2.54. The molecule has 0 saturated carbocycles. The van der Waals surface area contributed by atoms with Gasteiger partial charge in [-0.2, -0.15) is 9.90 Å². The van der Waals surface area contributed by atoms with Gasteiger partial charge in [-0.05, 0) is 24.6 Å². The van der Waals surface area contributed by atoms with Crippen LogP contribution in [0.3, 0.4) is 0 Å². The third kappa shape index (κ3) is 4.30. The molecule has 2 aromatic rings. The van der Waals surface area contributed by atoms with Crippen LogP contribution >= 0.6 is 0 Å². The van der Waals surface area contributed by atoms with Crippen molar-refractivity contribution in [1.29, 1.82) is 0 Å². The Kier molecular flexibility index (Phi) is 4.50. The molecule has 0 radical (unpaired) electrons. The number of anilines is 2. The normalized spacial score (nSPS) is 10.0. The summed E-state index contributed by atoms with van der Waals surface area (Å²) in [4.78, 5) is 24.0. The smallest absolute Gasteiger partial charge is 0.412 e. The van der Waals surface area contributed by atoms with Crippen LogP contribution in [0.1, 0.15) is 5.56 Å². The van der Waals surface area contributed by atoms with E-state index in [1.54, 1.807) is 6.07 Å². The Morgan fingerprint density at radius 2 is 2.14 bits per heavy atom. The van der Waals surface area contributed by atoms with Crippen molar-refractivity contribution in [2.24, 2.45) is 0 Å². The van der Waals surface area contributed by atoms with E-state index >= 15 is 0 Å². The Balaban J connectivity index is 1.92. The Labute approximate surface area is 121 Å². The molecule has 110 valence electrons. The fraction of sp³-hybridized carbons (Fsp3) is 0.231. The van der Waals surface area contributed by atoms with Crippen molar-refractivity contribution in [3.63, 3.8) is 0 Å². The molecule has 0 saturated heterocycles. The summed E-state index contributed by atoms with van der Waals surface area (Å²) in [6.07, 6.45) is 0.683. The molecule has 1 aromatic carbocycles. The van der Waals surface area contributed by atoms with E-state index in [-0.39, 0.29) is 18.3 Å². The minimum atomic E-state index is -0.647. The van der Waals surface area contributed by atoms with E-state index in [4.69, 9.17) is 0 Å². The van der Waals surface area contributed by atoms with Crippen LogP contribution < -0.4 is 10.6 Å². The molecule has 2 N–H and O–H groups in total. The second-order valence-electron chi connectivity index (χ2n) is 4.29. The van der Waals surface area contributed by atoms with Gasteiger partial charge in [0, 0.05) is 5.69 Å². The minimum absolute atomic E-state index is 0.0587. The predicted octanol–water partition coefficient (Wildman–Crippen LogP) is 1.40. The molecular formula is C13H15N5O3. The summed E-state index contributed by atoms with van der Waals surface area (Å²) in [6, 6.07) is 7.45. The number of hydrogen-bond donors (Lipinski definition) is 2. The molecule has 0 bridgehead atoms. The van der Waals surface area contributed by atoms with Crippen LogP contribution in [0, 0.1) is 6.92 Å². The maximum absolute atomic E-state index is 11.9. The minimum Gasteiger partial charge on any atom is -0.453 e. The quantitative estimate of drug-likeness (QED) is 0.886. The number of amides is 2. The molecule has 21 heavy (non-hydrogen) atoms. The lowest BCUT2D eigenvalue weighted by Crippen LogP contribution is -2.20. The van der Waals surface area contributed by atoms with Crippen LogP contribution in [-0.4, -0.2) is 34.1 Å². The number of benzene rings is 1. The highest BCUT2D eigenvalue weighted by Gasteiger charge is 2.08. The monoisotopic (exact) mass is 289 g/mol. The van der Waals surface area contributed by atoms with Crippen LogP contribution in [0.15, 0.2) is 30.5 Å². The molecule has 1 aromatic heterocycles. The van der Waals surface area contributed by atoms with E-state index in [0.717, 1.165) is 5.56 Å². The number of rotatable bonds is 4. The number of nitrogens with zero attached hydrogens (tertiary/aromatic N) is 3. The van der Waals surface area contributed by atoms with Crippen molar-refractivity contribution in [1.82, 2.24) is 15.0 Å². The van der Waals surface area contributed by atoms with Gasteiger partial charge in [-0.1, -0.05) is 12.1 Å². The standard InChI is InChI=1S/C13H15N5O3/c1-9-4-3-5-10(6-9)15-12(19)8-18-14-7-11(17-18)16-13(20)21-2/h3-7H,8H2,1-2H3,(H,15,19)(H,16,17,20). The number of carbonyl (C=O) groups excluding carboxylic acids is 2. The van der Waals surface area contributed by atoms with Crippen molar-refractivity contribution < 1.29 is 14.3 Å². The van der Waals surface area contributed by atoms with Gasteiger partial charge < -0.3 is 10.1 Å². The van der Waals surface area contributed by atoms with Crippen molar-refractivity contribution in [2.45, 2.75) is 13.5 Å². The first-order chi connectivity index (χ1) is 10.1. The fourth-order valence-corrected chi connectivity index (χ4v) is 1.64. The van der Waals surface area contributed by atoms with Gasteiger partial charge in [0.25, 0.3) is 0 Å². The molecule has 0 aliphatic rings. The first kappa shape index (κ1) is 14.5. The highest BCUT2D eigenvalue weighted by atomic mass is 16.5. The van der Waals surface area contributed by atoms with Crippen molar-refractivity contribution in [2.75, 3.05) is 17.7 Å². The summed E-state index contributed by atoms with van der Waals surface area (Å²) in [5.74, 6) is -0.0500. The summed E-state index contributed by atoms with van der Waals surface area (Å²) in [6.45, 7) is 1.88. The molecule has 0 atom stereocenters. The largest absolute Gasteiger partial charge is 0.453 e. The van der Waals surface area contributed by atoms with Crippen LogP contribution in [0.2, 0.25) is 0 Å². The van der Waals surface area contributed by atoms with Crippen LogP contribution in [0.5, 0.6) is 0 Å². The van der Waals surface area contributed by atoms with E-state index in [0.29, 0.717) is 5.69 Å². The Bertz CT molecular complexity index is 653. The summed E-state index contributed by atoms with van der Waals surface area (Å²) in [7, 11) is 1.25. The van der Waals surface area contributed by atoms with E-state index < -0.39 is 6.09 Å². The van der Waals surface area contributed by atoms with E-state index in [9.17, 15) is 9.59 Å². The molecule has 0 aliphatic heterocycles. The van der Waals surface area contributed by atoms with Gasteiger partial charge >= 0.3 is 6.09 Å². The number of aromatic nitrogens is 3. The maximum atomic E-state index is 11.9. The topological polar surface area (TPSA) is 98.1 Å². The predicted molar refractivity (Wildman–Crippen MR) is 75.9 cm³/mol. The Morgan fingerprint density at radius 1 is 1.33 bits per heavy atom. The molecule has 0 spiro atoms. The van der Waals surface area contributed by atoms with Crippen LogP contribution in [0.25, 0.3) is 0 Å². The molecule has 8 nitrogen and oxygen atoms in total. The van der Waals surface area contributed by atoms with Gasteiger partial charge in [0.2, 0.25) is 5.91 Å². The van der Waals surface area contributed by atoms with Crippen LogP contribution in [-0.2, 0) is 16.1 Å². The first-order valence-electron chi connectivity index (χ1n) is 6.18. The summed E-state index contributed by atoms with van der Waals surface area (Å²) in [5, 5.41) is 12.9. The number of aryl methyl sites for hydroxylation is 1. The first-order valence-corrected chi connectivity index (χ1v) is 6.18. The van der Waals surface area contributed by atoms with Gasteiger partial charge in [-0.25, -0.2) is 4.79 Å². The average molecular weight is 289 g/mol. The van der Waals surface area contributed by atoms with E-state index in [2.05, 4.69) is 25.6 Å². The Hall–Kier alpha value is -2.90. The van der Waals surface area contributed by atoms with Crippen molar-refractivity contribution in [3.8, 4) is 0 Å². The van der Waals surface area contributed by atoms with Gasteiger partial charge in [-0.15, -0.1) is 5.10 Å². The summed E-state index contributed by atoms with van der Waals surface area (Å²) < 4.78 is 4.43. The van der Waals surface area contributed by atoms with Gasteiger partial charge in [0.05, 0.1) is 13.3 Å². The zero-order chi connectivity index (χ0) is 15.2. The number of ether oxygens (including phenoxy) is 1. The zero-order valence-corrected chi connectivity index (χ0v) is 11.7. The molecule has 0 aliphatic carbocycles. The number of nitrogens with one attached hydrogen (secondary N) is 2. The second kappa shape index (κ2) is 6.51. The molecule has 2 amide bonds. The molecule has 1 heterocycles. The van der Waals surface area contributed by atoms with E-state index in [1.807, 2.05) is 25.1 Å². The molecular weight excluding hydrogens is 274 g/mol. The average Bonchev–Trinajstić information content (AvgIpc) is 2.85. The highest BCUT2D eigenvalue weighted by molar-refractivity contribution is 5.90. The lowest BCUT2D eigenvalue weighted by molar-refractivity contribution is -0.117. The molecule has 0 unspecified atom stereocenters. The zero-order valence-electron chi connectivity index (χ0n) is 11.7. The van der Waals surface area contributed by atoms with Crippen LogP contribution in [0.4, 0.5) is 16.3 Å². The van der Waals surface area contributed by atoms with Crippen molar-refractivity contribution >= 4 is 23.5 Å². The Morgan fingerprint density at radius 3 is 2.86 bits per heavy atom. The summed E-state index contributed by atoms with van der Waals surface area (Å²) >= 11 is 0. The number of carbonyl (C=O) groups is 2. The molecule has 8 heteroatoms. The van der Waals surface area contributed by atoms with Gasteiger partial charge in [0.1, 0.15) is 6.54 Å². The highest BCUT2D eigenvalue weighted by Crippen LogP contribution is 2.09. The van der Waals surface area contributed by atoms with Gasteiger partial charge in [-0.3, -0.25) is 10.1 Å². The SMILES string of the molecule is COC(=O)Nc1cnn(CC(=O)Nc2cccc(C)c2)n1. The maximum Gasteiger partial charge on any atom is 0.412 e. The lowest BCUT2D eigenvalue weighted by atomic mass is 10.2. The number of hydrogen-bond acceptors (Lipinski definition) is 5.